The molecular weight excluding hydrogens is 258 g/mol. The van der Waals surface area contributed by atoms with E-state index < -0.39 is 12.0 Å². The Labute approximate surface area is 122 Å². The van der Waals surface area contributed by atoms with Crippen LogP contribution in [0.2, 0.25) is 0 Å². The number of carbonyl (C=O) groups excluding carboxylic acids is 1. The van der Waals surface area contributed by atoms with Crippen LogP contribution in [0.25, 0.3) is 0 Å². The molecule has 0 heterocycles. The summed E-state index contributed by atoms with van der Waals surface area (Å²) in [5.74, 6) is -1.06. The fourth-order valence-electron chi connectivity index (χ4n) is 1.81. The van der Waals surface area contributed by atoms with Crippen molar-refractivity contribution in [2.24, 2.45) is 5.92 Å². The van der Waals surface area contributed by atoms with Crippen molar-refractivity contribution in [2.45, 2.75) is 39.7 Å². The van der Waals surface area contributed by atoms with Gasteiger partial charge in [-0.1, -0.05) is 27.2 Å². The van der Waals surface area contributed by atoms with Crippen LogP contribution in [-0.2, 0) is 4.79 Å². The molecular formula is C14H29N3O3. The number of carboxylic acids is 1. The van der Waals surface area contributed by atoms with Gasteiger partial charge in [-0.15, -0.1) is 0 Å². The van der Waals surface area contributed by atoms with Crippen LogP contribution >= 0.6 is 0 Å². The number of carbonyl (C=O) groups is 2. The number of aliphatic carboxylic acids is 1. The van der Waals surface area contributed by atoms with Crippen LogP contribution < -0.4 is 5.32 Å². The zero-order chi connectivity index (χ0) is 15.7. The molecule has 118 valence electrons. The van der Waals surface area contributed by atoms with Crippen molar-refractivity contribution in [3.05, 3.63) is 0 Å². The molecule has 0 aliphatic heterocycles. The highest BCUT2D eigenvalue weighted by Gasteiger charge is 2.27. The molecule has 0 aromatic heterocycles. The third-order valence-electron chi connectivity index (χ3n) is 3.36. The minimum Gasteiger partial charge on any atom is -0.480 e. The largest absolute Gasteiger partial charge is 0.480 e. The lowest BCUT2D eigenvalue weighted by Gasteiger charge is -2.27. The van der Waals surface area contributed by atoms with E-state index in [4.69, 9.17) is 0 Å². The molecule has 6 heteroatoms. The Balaban J connectivity index is 4.66. The lowest BCUT2D eigenvalue weighted by molar-refractivity contribution is -0.140. The van der Waals surface area contributed by atoms with E-state index in [1.165, 1.54) is 0 Å². The van der Waals surface area contributed by atoms with Gasteiger partial charge in [0.2, 0.25) is 0 Å². The van der Waals surface area contributed by atoms with Crippen molar-refractivity contribution in [1.29, 1.82) is 0 Å². The lowest BCUT2D eigenvalue weighted by Crippen LogP contribution is -2.51. The number of hydrogen-bond acceptors (Lipinski definition) is 3. The summed E-state index contributed by atoms with van der Waals surface area (Å²) in [6.45, 7) is 7.74. The standard InChI is InChI=1S/C14H29N3O3/c1-6-8-17(10-9-16(4)5)14(20)15-12(13(18)19)11(3)7-2/h11-12H,6-10H2,1-5H3,(H,15,20)(H,18,19)/t11-,12-/m0/s1. The van der Waals surface area contributed by atoms with Crippen molar-refractivity contribution in [3.8, 4) is 0 Å². The Morgan fingerprint density at radius 2 is 1.75 bits per heavy atom. The number of rotatable bonds is 9. The first-order valence-electron chi connectivity index (χ1n) is 7.26. The highest BCUT2D eigenvalue weighted by Crippen LogP contribution is 2.08. The number of likely N-dealkylation sites (N-methyl/N-ethyl adjacent to an activating group) is 1. The number of nitrogens with one attached hydrogen (secondary N) is 1. The number of amides is 2. The molecule has 0 saturated heterocycles. The second-order valence-electron chi connectivity index (χ2n) is 5.44. The lowest BCUT2D eigenvalue weighted by atomic mass is 9.99. The number of nitrogens with zero attached hydrogens (tertiary/aromatic N) is 2. The van der Waals surface area contributed by atoms with Gasteiger partial charge in [0, 0.05) is 19.6 Å². The Morgan fingerprint density at radius 3 is 2.15 bits per heavy atom. The zero-order valence-corrected chi connectivity index (χ0v) is 13.3. The summed E-state index contributed by atoms with van der Waals surface area (Å²) in [6, 6.07) is -1.12. The molecule has 0 aromatic rings. The van der Waals surface area contributed by atoms with Gasteiger partial charge in [0.25, 0.3) is 0 Å². The Bertz CT molecular complexity index is 308. The fraction of sp³-hybridized carbons (Fsp3) is 0.857. The summed E-state index contributed by atoms with van der Waals surface area (Å²) in [7, 11) is 3.89. The van der Waals surface area contributed by atoms with Gasteiger partial charge < -0.3 is 20.2 Å². The monoisotopic (exact) mass is 287 g/mol. The van der Waals surface area contributed by atoms with E-state index in [0.717, 1.165) is 13.0 Å². The van der Waals surface area contributed by atoms with E-state index in [1.807, 2.05) is 39.8 Å². The van der Waals surface area contributed by atoms with E-state index >= 15 is 0 Å². The third kappa shape index (κ3) is 6.75. The van der Waals surface area contributed by atoms with Crippen LogP contribution in [0, 0.1) is 5.92 Å². The SMILES string of the molecule is CCCN(CCN(C)C)C(=O)N[C@H](C(=O)O)[C@@H](C)CC. The van der Waals surface area contributed by atoms with Crippen molar-refractivity contribution >= 4 is 12.0 Å². The van der Waals surface area contributed by atoms with Crippen LogP contribution in [0.4, 0.5) is 4.79 Å². The first kappa shape index (κ1) is 18.7. The average molecular weight is 287 g/mol. The number of urea groups is 1. The molecule has 2 N–H and O–H groups in total. The minimum atomic E-state index is -0.975. The Morgan fingerprint density at radius 1 is 1.15 bits per heavy atom. The maximum atomic E-state index is 12.2. The van der Waals surface area contributed by atoms with Gasteiger partial charge in [0.05, 0.1) is 0 Å². The van der Waals surface area contributed by atoms with E-state index in [0.29, 0.717) is 19.5 Å². The van der Waals surface area contributed by atoms with Gasteiger partial charge in [0.15, 0.2) is 0 Å². The highest BCUT2D eigenvalue weighted by molar-refractivity contribution is 5.82. The van der Waals surface area contributed by atoms with Gasteiger partial charge in [0.1, 0.15) is 6.04 Å². The summed E-state index contributed by atoms with van der Waals surface area (Å²) >= 11 is 0. The summed E-state index contributed by atoms with van der Waals surface area (Å²) in [4.78, 5) is 27.1. The predicted molar refractivity (Wildman–Crippen MR) is 79.8 cm³/mol. The summed E-state index contributed by atoms with van der Waals surface area (Å²) in [5.41, 5.74) is 0. The highest BCUT2D eigenvalue weighted by atomic mass is 16.4. The summed E-state index contributed by atoms with van der Waals surface area (Å²) in [6.07, 6.45) is 1.56. The maximum absolute atomic E-state index is 12.2. The van der Waals surface area contributed by atoms with Crippen molar-refractivity contribution in [1.82, 2.24) is 15.1 Å². The van der Waals surface area contributed by atoms with Crippen LogP contribution in [0.15, 0.2) is 0 Å². The van der Waals surface area contributed by atoms with E-state index in [9.17, 15) is 14.7 Å². The summed E-state index contributed by atoms with van der Waals surface area (Å²) in [5, 5.41) is 11.9. The van der Waals surface area contributed by atoms with Gasteiger partial charge >= 0.3 is 12.0 Å². The van der Waals surface area contributed by atoms with Gasteiger partial charge in [-0.2, -0.15) is 0 Å². The quantitative estimate of drug-likeness (QED) is 0.673. The van der Waals surface area contributed by atoms with E-state index in [1.54, 1.807) is 4.90 Å². The van der Waals surface area contributed by atoms with E-state index in [-0.39, 0.29) is 11.9 Å². The molecule has 0 radical (unpaired) electrons. The molecule has 2 amide bonds. The first-order chi connectivity index (χ1) is 9.33. The van der Waals surface area contributed by atoms with Gasteiger partial charge in [-0.05, 0) is 26.4 Å². The van der Waals surface area contributed by atoms with Crippen molar-refractivity contribution in [2.75, 3.05) is 33.7 Å². The Hall–Kier alpha value is -1.30. The molecule has 0 aliphatic rings. The molecule has 20 heavy (non-hydrogen) atoms. The molecule has 0 aromatic carbocycles. The number of carboxylic acid groups (broad SMARTS) is 1. The number of hydrogen-bond donors (Lipinski definition) is 2. The second-order valence-corrected chi connectivity index (χ2v) is 5.44. The fourth-order valence-corrected chi connectivity index (χ4v) is 1.81. The molecule has 0 unspecified atom stereocenters. The maximum Gasteiger partial charge on any atom is 0.326 e. The molecule has 0 bridgehead atoms. The van der Waals surface area contributed by atoms with E-state index in [2.05, 4.69) is 5.32 Å². The smallest absolute Gasteiger partial charge is 0.326 e. The second kappa shape index (κ2) is 9.58. The van der Waals surface area contributed by atoms with Crippen molar-refractivity contribution in [3.63, 3.8) is 0 Å². The van der Waals surface area contributed by atoms with Gasteiger partial charge in [-0.25, -0.2) is 9.59 Å². The average Bonchev–Trinajstić information content (AvgIpc) is 2.38. The third-order valence-corrected chi connectivity index (χ3v) is 3.36. The zero-order valence-electron chi connectivity index (χ0n) is 13.3. The molecule has 0 rings (SSSR count). The van der Waals surface area contributed by atoms with Crippen LogP contribution in [0.3, 0.4) is 0 Å². The Kier molecular flexibility index (Phi) is 8.96. The molecule has 0 aliphatic carbocycles. The first-order valence-corrected chi connectivity index (χ1v) is 7.26. The van der Waals surface area contributed by atoms with Crippen LogP contribution in [0.5, 0.6) is 0 Å². The normalized spacial score (nSPS) is 13.9. The summed E-state index contributed by atoms with van der Waals surface area (Å²) < 4.78 is 0. The minimum absolute atomic E-state index is 0.0891. The predicted octanol–water partition coefficient (Wildman–Crippen LogP) is 1.47. The topological polar surface area (TPSA) is 72.9 Å². The molecule has 2 atom stereocenters. The van der Waals surface area contributed by atoms with Gasteiger partial charge in [-0.3, -0.25) is 0 Å². The van der Waals surface area contributed by atoms with Crippen LogP contribution in [0.1, 0.15) is 33.6 Å². The van der Waals surface area contributed by atoms with Crippen molar-refractivity contribution < 1.29 is 14.7 Å². The molecule has 0 saturated carbocycles. The molecule has 0 fully saturated rings. The van der Waals surface area contributed by atoms with Crippen LogP contribution in [-0.4, -0.2) is 66.7 Å². The molecule has 0 spiro atoms. The molecule has 6 nitrogen and oxygen atoms in total.